The van der Waals surface area contributed by atoms with Gasteiger partial charge in [-0.1, -0.05) is 35.0 Å². The van der Waals surface area contributed by atoms with E-state index in [1.807, 2.05) is 18.2 Å². The number of hydrogen-bond acceptors (Lipinski definition) is 3. The van der Waals surface area contributed by atoms with Crippen LogP contribution >= 0.6 is 11.6 Å². The fourth-order valence-corrected chi connectivity index (χ4v) is 2.14. The first kappa shape index (κ1) is 10.5. The number of aldehydes is 1. The lowest BCUT2D eigenvalue weighted by atomic mass is 10.1. The first-order valence-electron chi connectivity index (χ1n) is 5.51. The van der Waals surface area contributed by atoms with E-state index in [0.29, 0.717) is 28.0 Å². The quantitative estimate of drug-likeness (QED) is 0.777. The van der Waals surface area contributed by atoms with E-state index >= 15 is 0 Å². The van der Waals surface area contributed by atoms with Crippen LogP contribution in [0.25, 0.3) is 11.3 Å². The van der Waals surface area contributed by atoms with Crippen molar-refractivity contribution in [2.45, 2.75) is 18.8 Å². The monoisotopic (exact) mass is 247 g/mol. The Morgan fingerprint density at radius 3 is 2.76 bits per heavy atom. The van der Waals surface area contributed by atoms with Gasteiger partial charge in [0.1, 0.15) is 5.69 Å². The van der Waals surface area contributed by atoms with Crippen LogP contribution in [0.1, 0.15) is 34.9 Å². The molecular formula is C13H10ClNO2. The second-order valence-electron chi connectivity index (χ2n) is 4.18. The van der Waals surface area contributed by atoms with Crippen LogP contribution in [-0.2, 0) is 0 Å². The molecule has 4 heteroatoms. The summed E-state index contributed by atoms with van der Waals surface area (Å²) in [5.41, 5.74) is 1.83. The van der Waals surface area contributed by atoms with Crippen molar-refractivity contribution in [1.82, 2.24) is 5.16 Å². The van der Waals surface area contributed by atoms with Crippen LogP contribution in [0.15, 0.2) is 28.8 Å². The zero-order valence-electron chi connectivity index (χ0n) is 9.02. The van der Waals surface area contributed by atoms with Gasteiger partial charge in [0.05, 0.1) is 10.6 Å². The SMILES string of the molecule is O=Cc1c(-c2ccccc2Cl)noc1C1CC1. The molecule has 86 valence electrons. The lowest BCUT2D eigenvalue weighted by Gasteiger charge is -1.99. The van der Waals surface area contributed by atoms with Crippen molar-refractivity contribution in [1.29, 1.82) is 0 Å². The molecule has 1 heterocycles. The van der Waals surface area contributed by atoms with E-state index in [4.69, 9.17) is 16.1 Å². The summed E-state index contributed by atoms with van der Waals surface area (Å²) in [4.78, 5) is 11.2. The van der Waals surface area contributed by atoms with Gasteiger partial charge in [-0.15, -0.1) is 0 Å². The summed E-state index contributed by atoms with van der Waals surface area (Å²) in [6.45, 7) is 0. The predicted octanol–water partition coefficient (Wildman–Crippen LogP) is 3.68. The van der Waals surface area contributed by atoms with Crippen molar-refractivity contribution in [2.75, 3.05) is 0 Å². The number of nitrogens with zero attached hydrogens (tertiary/aromatic N) is 1. The molecule has 0 unspecified atom stereocenters. The van der Waals surface area contributed by atoms with Gasteiger partial charge in [0, 0.05) is 11.5 Å². The second-order valence-corrected chi connectivity index (χ2v) is 4.59. The summed E-state index contributed by atoms with van der Waals surface area (Å²) in [5, 5.41) is 4.56. The third-order valence-corrected chi connectivity index (χ3v) is 3.28. The van der Waals surface area contributed by atoms with Crippen molar-refractivity contribution in [3.63, 3.8) is 0 Å². The van der Waals surface area contributed by atoms with Crippen LogP contribution in [0.3, 0.4) is 0 Å². The highest BCUT2D eigenvalue weighted by Gasteiger charge is 2.32. The van der Waals surface area contributed by atoms with Gasteiger partial charge < -0.3 is 4.52 Å². The van der Waals surface area contributed by atoms with Crippen LogP contribution in [0.4, 0.5) is 0 Å². The van der Waals surface area contributed by atoms with Gasteiger partial charge in [-0.25, -0.2) is 0 Å². The molecule has 1 aliphatic carbocycles. The minimum Gasteiger partial charge on any atom is -0.360 e. The molecular weight excluding hydrogens is 238 g/mol. The average Bonchev–Trinajstić information content (AvgIpc) is 3.10. The van der Waals surface area contributed by atoms with Crippen LogP contribution in [0.2, 0.25) is 5.02 Å². The Kier molecular flexibility index (Phi) is 2.48. The van der Waals surface area contributed by atoms with E-state index in [2.05, 4.69) is 5.16 Å². The summed E-state index contributed by atoms with van der Waals surface area (Å²) in [7, 11) is 0. The van der Waals surface area contributed by atoms with E-state index in [1.54, 1.807) is 6.07 Å². The molecule has 1 aromatic carbocycles. The van der Waals surface area contributed by atoms with Crippen molar-refractivity contribution in [3.05, 3.63) is 40.6 Å². The highest BCUT2D eigenvalue weighted by atomic mass is 35.5. The van der Waals surface area contributed by atoms with Crippen molar-refractivity contribution in [3.8, 4) is 11.3 Å². The predicted molar refractivity (Wildman–Crippen MR) is 64.3 cm³/mol. The van der Waals surface area contributed by atoms with E-state index < -0.39 is 0 Å². The second kappa shape index (κ2) is 4.00. The van der Waals surface area contributed by atoms with E-state index in [0.717, 1.165) is 24.7 Å². The van der Waals surface area contributed by atoms with Crippen molar-refractivity contribution < 1.29 is 9.32 Å². The van der Waals surface area contributed by atoms with Gasteiger partial charge in [-0.2, -0.15) is 0 Å². The molecule has 0 radical (unpaired) electrons. The largest absolute Gasteiger partial charge is 0.360 e. The van der Waals surface area contributed by atoms with Gasteiger partial charge in [-0.3, -0.25) is 4.79 Å². The van der Waals surface area contributed by atoms with Gasteiger partial charge in [0.25, 0.3) is 0 Å². The maximum absolute atomic E-state index is 11.2. The molecule has 1 fully saturated rings. The number of rotatable bonds is 3. The molecule has 0 amide bonds. The van der Waals surface area contributed by atoms with Gasteiger partial charge in [-0.05, 0) is 18.9 Å². The Morgan fingerprint density at radius 1 is 1.35 bits per heavy atom. The molecule has 17 heavy (non-hydrogen) atoms. The first-order chi connectivity index (χ1) is 8.31. The van der Waals surface area contributed by atoms with Crippen LogP contribution in [-0.4, -0.2) is 11.4 Å². The maximum Gasteiger partial charge on any atom is 0.155 e. The molecule has 3 nitrogen and oxygen atoms in total. The molecule has 0 aliphatic heterocycles. The van der Waals surface area contributed by atoms with Crippen LogP contribution in [0, 0.1) is 0 Å². The number of benzene rings is 1. The Bertz CT molecular complexity index is 573. The van der Waals surface area contributed by atoms with Crippen molar-refractivity contribution >= 4 is 17.9 Å². The molecule has 3 rings (SSSR count). The maximum atomic E-state index is 11.2. The van der Waals surface area contributed by atoms with E-state index in [9.17, 15) is 4.79 Å². The Balaban J connectivity index is 2.14. The molecule has 0 bridgehead atoms. The van der Waals surface area contributed by atoms with Gasteiger partial charge in [0.2, 0.25) is 0 Å². The number of hydrogen-bond donors (Lipinski definition) is 0. The number of carbonyl (C=O) groups is 1. The summed E-state index contributed by atoms with van der Waals surface area (Å²) in [6.07, 6.45) is 2.94. The molecule has 0 atom stereocenters. The molecule has 0 spiro atoms. The van der Waals surface area contributed by atoms with E-state index in [-0.39, 0.29) is 0 Å². The zero-order valence-corrected chi connectivity index (χ0v) is 9.78. The number of halogens is 1. The third kappa shape index (κ3) is 1.76. The normalized spacial score (nSPS) is 14.9. The number of carbonyl (C=O) groups excluding carboxylic acids is 1. The highest BCUT2D eigenvalue weighted by Crippen LogP contribution is 2.43. The lowest BCUT2D eigenvalue weighted by molar-refractivity contribution is 0.112. The molecule has 1 saturated carbocycles. The van der Waals surface area contributed by atoms with Crippen molar-refractivity contribution in [2.24, 2.45) is 0 Å². The summed E-state index contributed by atoms with van der Waals surface area (Å²) >= 11 is 6.09. The Hall–Kier alpha value is -1.61. The molecule has 2 aromatic rings. The summed E-state index contributed by atoms with van der Waals surface area (Å²) < 4.78 is 5.28. The minimum atomic E-state index is 0.360. The van der Waals surface area contributed by atoms with Gasteiger partial charge >= 0.3 is 0 Å². The Labute approximate surface area is 103 Å². The number of aromatic nitrogens is 1. The van der Waals surface area contributed by atoms with Gasteiger partial charge in [0.15, 0.2) is 12.0 Å². The fraction of sp³-hybridized carbons (Fsp3) is 0.231. The summed E-state index contributed by atoms with van der Waals surface area (Å²) in [6, 6.07) is 7.32. The standard InChI is InChI=1S/C13H10ClNO2/c14-11-4-2-1-3-9(11)12-10(7-16)13(17-15-12)8-5-6-8/h1-4,7-8H,5-6H2. The molecule has 1 aliphatic rings. The van der Waals surface area contributed by atoms with E-state index in [1.165, 1.54) is 0 Å². The zero-order chi connectivity index (χ0) is 11.8. The molecule has 0 N–H and O–H groups in total. The molecule has 1 aromatic heterocycles. The third-order valence-electron chi connectivity index (χ3n) is 2.95. The topological polar surface area (TPSA) is 43.1 Å². The minimum absolute atomic E-state index is 0.360. The average molecular weight is 248 g/mol. The van der Waals surface area contributed by atoms with Crippen LogP contribution in [0.5, 0.6) is 0 Å². The molecule has 0 saturated heterocycles. The fourth-order valence-electron chi connectivity index (χ4n) is 1.91. The van der Waals surface area contributed by atoms with Crippen LogP contribution < -0.4 is 0 Å². The Morgan fingerprint density at radius 2 is 2.12 bits per heavy atom. The highest BCUT2D eigenvalue weighted by molar-refractivity contribution is 6.33. The lowest BCUT2D eigenvalue weighted by Crippen LogP contribution is -1.88. The first-order valence-corrected chi connectivity index (χ1v) is 5.88. The summed E-state index contributed by atoms with van der Waals surface area (Å²) in [5.74, 6) is 1.06. The smallest absolute Gasteiger partial charge is 0.155 e.